The Balaban J connectivity index is 2.10. The van der Waals surface area contributed by atoms with Crippen LogP contribution in [-0.2, 0) is 0 Å². The molecule has 0 radical (unpaired) electrons. The predicted molar refractivity (Wildman–Crippen MR) is 82.4 cm³/mol. The van der Waals surface area contributed by atoms with Gasteiger partial charge in [-0.3, -0.25) is 0 Å². The zero-order valence-corrected chi connectivity index (χ0v) is 13.5. The highest BCUT2D eigenvalue weighted by Crippen LogP contribution is 2.40. The second-order valence-electron chi connectivity index (χ2n) is 6.53. The molecule has 4 nitrogen and oxygen atoms in total. The summed E-state index contributed by atoms with van der Waals surface area (Å²) in [6, 6.07) is 0. The molecule has 2 rings (SSSR count). The number of aromatic nitrogens is 2. The van der Waals surface area contributed by atoms with Crippen molar-refractivity contribution in [3.05, 3.63) is 11.2 Å². The molecule has 2 atom stereocenters. The maximum Gasteiger partial charge on any atom is 0.237 e. The van der Waals surface area contributed by atoms with E-state index in [0.717, 1.165) is 19.4 Å². The van der Waals surface area contributed by atoms with Crippen LogP contribution in [0.2, 0.25) is 5.02 Å². The first kappa shape index (κ1) is 15.4. The zero-order chi connectivity index (χ0) is 14.8. The molecule has 0 saturated heterocycles. The number of nitrogens with zero attached hydrogens (tertiary/aromatic N) is 2. The molecule has 0 bridgehead atoms. The Morgan fingerprint density at radius 1 is 1.45 bits per heavy atom. The highest BCUT2D eigenvalue weighted by atomic mass is 35.5. The fourth-order valence-electron chi connectivity index (χ4n) is 3.18. The van der Waals surface area contributed by atoms with Gasteiger partial charge in [0, 0.05) is 6.54 Å². The van der Waals surface area contributed by atoms with Gasteiger partial charge in [-0.15, -0.1) is 0 Å². The average molecular weight is 298 g/mol. The molecule has 1 aliphatic carbocycles. The molecular weight excluding hydrogens is 274 g/mol. The summed E-state index contributed by atoms with van der Waals surface area (Å²) in [7, 11) is 0. The van der Waals surface area contributed by atoms with Crippen molar-refractivity contribution in [3.63, 3.8) is 0 Å². The molecule has 0 aromatic carbocycles. The van der Waals surface area contributed by atoms with Crippen LogP contribution in [0.4, 0.5) is 5.95 Å². The first-order chi connectivity index (χ1) is 9.39. The first-order valence-electron chi connectivity index (χ1n) is 7.32. The van der Waals surface area contributed by atoms with E-state index in [1.807, 2.05) is 6.92 Å². The fourth-order valence-corrected chi connectivity index (χ4v) is 3.32. The van der Waals surface area contributed by atoms with Crippen LogP contribution < -0.4 is 10.1 Å². The molecule has 112 valence electrons. The van der Waals surface area contributed by atoms with Crippen LogP contribution in [0.1, 0.15) is 47.0 Å². The Hall–Kier alpha value is -1.03. The second kappa shape index (κ2) is 6.17. The average Bonchev–Trinajstić information content (AvgIpc) is 2.31. The number of anilines is 1. The molecule has 5 heteroatoms. The van der Waals surface area contributed by atoms with Crippen molar-refractivity contribution in [2.45, 2.75) is 53.1 Å². The summed E-state index contributed by atoms with van der Waals surface area (Å²) < 4.78 is 6.06. The minimum Gasteiger partial charge on any atom is -0.473 e. The van der Waals surface area contributed by atoms with Gasteiger partial charge in [-0.05, 0) is 37.5 Å². The third kappa shape index (κ3) is 3.98. The quantitative estimate of drug-likeness (QED) is 0.906. The van der Waals surface area contributed by atoms with Gasteiger partial charge in [-0.25, -0.2) is 4.98 Å². The van der Waals surface area contributed by atoms with Crippen LogP contribution in [0.15, 0.2) is 6.20 Å². The third-order valence-electron chi connectivity index (χ3n) is 3.67. The summed E-state index contributed by atoms with van der Waals surface area (Å²) in [5.41, 5.74) is 0.312. The Morgan fingerprint density at radius 2 is 2.20 bits per heavy atom. The first-order valence-corrected chi connectivity index (χ1v) is 7.70. The summed E-state index contributed by atoms with van der Waals surface area (Å²) >= 11 is 6.15. The van der Waals surface area contributed by atoms with Gasteiger partial charge in [0.15, 0.2) is 0 Å². The summed E-state index contributed by atoms with van der Waals surface area (Å²) in [4.78, 5) is 8.48. The highest BCUT2D eigenvalue weighted by molar-refractivity contribution is 6.31. The van der Waals surface area contributed by atoms with Gasteiger partial charge in [0.05, 0.1) is 6.20 Å². The Morgan fingerprint density at radius 3 is 2.85 bits per heavy atom. The van der Waals surface area contributed by atoms with Crippen molar-refractivity contribution in [2.24, 2.45) is 11.3 Å². The lowest BCUT2D eigenvalue weighted by atomic mass is 9.71. The van der Waals surface area contributed by atoms with E-state index in [-0.39, 0.29) is 6.10 Å². The normalized spacial score (nSPS) is 25.2. The zero-order valence-electron chi connectivity index (χ0n) is 12.7. The van der Waals surface area contributed by atoms with E-state index in [9.17, 15) is 0 Å². The number of rotatable bonds is 4. The van der Waals surface area contributed by atoms with Crippen LogP contribution in [0.25, 0.3) is 0 Å². The van der Waals surface area contributed by atoms with E-state index < -0.39 is 0 Å². The third-order valence-corrected chi connectivity index (χ3v) is 3.93. The molecule has 1 aromatic rings. The molecule has 1 N–H and O–H groups in total. The monoisotopic (exact) mass is 297 g/mol. The molecule has 1 heterocycles. The van der Waals surface area contributed by atoms with Crippen LogP contribution in [0.5, 0.6) is 5.88 Å². The Labute approximate surface area is 126 Å². The van der Waals surface area contributed by atoms with E-state index in [2.05, 4.69) is 36.1 Å². The van der Waals surface area contributed by atoms with Crippen molar-refractivity contribution < 1.29 is 4.74 Å². The molecular formula is C15H24ClN3O. The summed E-state index contributed by atoms with van der Waals surface area (Å²) in [6.45, 7) is 9.65. The standard InChI is InChI=1S/C15H24ClN3O/c1-5-17-14-18-9-12(16)13(19-14)20-11-6-10(2)7-15(3,4)8-11/h9-11H,5-8H2,1-4H3,(H,17,18,19). The van der Waals surface area contributed by atoms with Crippen LogP contribution in [0, 0.1) is 11.3 Å². The lowest BCUT2D eigenvalue weighted by Gasteiger charge is -2.38. The largest absolute Gasteiger partial charge is 0.473 e. The Kier molecular flexibility index (Phi) is 4.74. The molecule has 20 heavy (non-hydrogen) atoms. The fraction of sp³-hybridized carbons (Fsp3) is 0.733. The molecule has 0 aliphatic heterocycles. The molecule has 1 aromatic heterocycles. The van der Waals surface area contributed by atoms with E-state index in [0.29, 0.717) is 28.2 Å². The number of nitrogens with one attached hydrogen (secondary N) is 1. The summed E-state index contributed by atoms with van der Waals surface area (Å²) in [5, 5.41) is 3.55. The van der Waals surface area contributed by atoms with Gasteiger partial charge in [0.25, 0.3) is 0 Å². The molecule has 2 unspecified atom stereocenters. The molecule has 1 saturated carbocycles. The number of ether oxygens (including phenoxy) is 1. The predicted octanol–water partition coefficient (Wildman–Crippen LogP) is 4.16. The lowest BCUT2D eigenvalue weighted by molar-refractivity contribution is 0.0533. The smallest absolute Gasteiger partial charge is 0.237 e. The summed E-state index contributed by atoms with van der Waals surface area (Å²) in [5.74, 6) is 1.72. The van der Waals surface area contributed by atoms with E-state index in [1.54, 1.807) is 6.20 Å². The van der Waals surface area contributed by atoms with Crippen molar-refractivity contribution in [3.8, 4) is 5.88 Å². The molecule has 0 spiro atoms. The SMILES string of the molecule is CCNc1ncc(Cl)c(OC2CC(C)CC(C)(C)C2)n1. The van der Waals surface area contributed by atoms with Crippen LogP contribution >= 0.6 is 11.6 Å². The maximum absolute atomic E-state index is 6.15. The maximum atomic E-state index is 6.15. The van der Waals surface area contributed by atoms with Gasteiger partial charge in [-0.1, -0.05) is 32.4 Å². The van der Waals surface area contributed by atoms with Crippen LogP contribution in [0.3, 0.4) is 0 Å². The van der Waals surface area contributed by atoms with Crippen LogP contribution in [-0.4, -0.2) is 22.6 Å². The Bertz CT molecular complexity index is 464. The lowest BCUT2D eigenvalue weighted by Crippen LogP contribution is -2.34. The van der Waals surface area contributed by atoms with Crippen molar-refractivity contribution in [1.29, 1.82) is 0 Å². The summed E-state index contributed by atoms with van der Waals surface area (Å²) in [6.07, 6.45) is 5.11. The van der Waals surface area contributed by atoms with Gasteiger partial charge in [0.1, 0.15) is 11.1 Å². The molecule has 0 amide bonds. The molecule has 1 fully saturated rings. The number of hydrogen-bond donors (Lipinski definition) is 1. The van der Waals surface area contributed by atoms with Gasteiger partial charge in [0.2, 0.25) is 11.8 Å². The molecule has 1 aliphatic rings. The van der Waals surface area contributed by atoms with Gasteiger partial charge >= 0.3 is 0 Å². The van der Waals surface area contributed by atoms with E-state index in [4.69, 9.17) is 16.3 Å². The van der Waals surface area contributed by atoms with Gasteiger partial charge in [-0.2, -0.15) is 4.98 Å². The topological polar surface area (TPSA) is 47.0 Å². The minimum absolute atomic E-state index is 0.177. The van der Waals surface area contributed by atoms with Crippen molar-refractivity contribution >= 4 is 17.5 Å². The number of halogens is 1. The minimum atomic E-state index is 0.177. The van der Waals surface area contributed by atoms with Gasteiger partial charge < -0.3 is 10.1 Å². The van der Waals surface area contributed by atoms with Crippen molar-refractivity contribution in [2.75, 3.05) is 11.9 Å². The highest BCUT2D eigenvalue weighted by Gasteiger charge is 2.33. The van der Waals surface area contributed by atoms with E-state index >= 15 is 0 Å². The van der Waals surface area contributed by atoms with Crippen molar-refractivity contribution in [1.82, 2.24) is 9.97 Å². The number of hydrogen-bond acceptors (Lipinski definition) is 4. The second-order valence-corrected chi connectivity index (χ2v) is 6.94. The van der Waals surface area contributed by atoms with E-state index in [1.165, 1.54) is 6.42 Å².